The maximum atomic E-state index is 12.6. The molecule has 0 saturated carbocycles. The van der Waals surface area contributed by atoms with Crippen molar-refractivity contribution in [2.45, 2.75) is 6.18 Å². The first-order chi connectivity index (χ1) is 8.38. The lowest BCUT2D eigenvalue weighted by Gasteiger charge is -2.11. The van der Waals surface area contributed by atoms with Gasteiger partial charge >= 0.3 is 6.18 Å². The van der Waals surface area contributed by atoms with Gasteiger partial charge in [0.1, 0.15) is 0 Å². The molecule has 0 fully saturated rings. The van der Waals surface area contributed by atoms with Gasteiger partial charge in [-0.25, -0.2) is 0 Å². The van der Waals surface area contributed by atoms with Gasteiger partial charge in [-0.2, -0.15) is 13.2 Å². The average molecular weight is 336 g/mol. The van der Waals surface area contributed by atoms with Crippen LogP contribution in [0.2, 0.25) is 5.02 Å². The van der Waals surface area contributed by atoms with Crippen molar-refractivity contribution >= 4 is 27.5 Å². The summed E-state index contributed by atoms with van der Waals surface area (Å²) in [5.41, 5.74) is 0.495. The van der Waals surface area contributed by atoms with Crippen LogP contribution >= 0.6 is 27.5 Å². The van der Waals surface area contributed by atoms with E-state index in [9.17, 15) is 13.2 Å². The van der Waals surface area contributed by atoms with Crippen LogP contribution in [-0.2, 0) is 6.18 Å². The lowest BCUT2D eigenvalue weighted by molar-refractivity contribution is -0.137. The van der Waals surface area contributed by atoms with Gasteiger partial charge in [-0.05, 0) is 41.5 Å². The van der Waals surface area contributed by atoms with E-state index in [4.69, 9.17) is 11.6 Å². The van der Waals surface area contributed by atoms with Crippen molar-refractivity contribution in [2.24, 2.45) is 0 Å². The molecule has 0 saturated heterocycles. The Kier molecular flexibility index (Phi) is 3.69. The summed E-state index contributed by atoms with van der Waals surface area (Å²) in [7, 11) is 0. The van der Waals surface area contributed by atoms with Crippen LogP contribution in [0.4, 0.5) is 13.2 Å². The van der Waals surface area contributed by atoms with Crippen molar-refractivity contribution < 1.29 is 13.2 Å². The minimum atomic E-state index is -4.35. The van der Waals surface area contributed by atoms with Crippen molar-refractivity contribution in [3.63, 3.8) is 0 Å². The van der Waals surface area contributed by atoms with Crippen molar-refractivity contribution in [1.29, 1.82) is 0 Å². The van der Waals surface area contributed by atoms with Gasteiger partial charge in [0, 0.05) is 9.50 Å². The molecule has 94 valence electrons. The van der Waals surface area contributed by atoms with E-state index >= 15 is 0 Å². The van der Waals surface area contributed by atoms with Crippen LogP contribution in [0.25, 0.3) is 11.1 Å². The normalized spacial score (nSPS) is 11.6. The topological polar surface area (TPSA) is 0 Å². The second kappa shape index (κ2) is 4.94. The zero-order valence-electron chi connectivity index (χ0n) is 8.93. The lowest BCUT2D eigenvalue weighted by atomic mass is 10.0. The fourth-order valence-electron chi connectivity index (χ4n) is 1.55. The van der Waals surface area contributed by atoms with Crippen LogP contribution < -0.4 is 0 Å². The molecule has 0 radical (unpaired) electrons. The highest BCUT2D eigenvalue weighted by Crippen LogP contribution is 2.36. The van der Waals surface area contributed by atoms with Gasteiger partial charge in [0.15, 0.2) is 0 Å². The molecule has 0 aliphatic rings. The van der Waals surface area contributed by atoms with Crippen molar-refractivity contribution in [3.8, 4) is 11.1 Å². The summed E-state index contributed by atoms with van der Waals surface area (Å²) < 4.78 is 38.5. The third-order valence-corrected chi connectivity index (χ3v) is 3.39. The van der Waals surface area contributed by atoms with Crippen LogP contribution in [0.5, 0.6) is 0 Å². The molecule has 0 spiro atoms. The fraction of sp³-hybridized carbons (Fsp3) is 0.0769. The number of hydrogen-bond donors (Lipinski definition) is 0. The van der Waals surface area contributed by atoms with E-state index in [1.54, 1.807) is 24.3 Å². The maximum absolute atomic E-state index is 12.6. The predicted octanol–water partition coefficient (Wildman–Crippen LogP) is 5.79. The van der Waals surface area contributed by atoms with Crippen LogP contribution in [0, 0.1) is 0 Å². The lowest BCUT2D eigenvalue weighted by Crippen LogP contribution is -2.04. The van der Waals surface area contributed by atoms with Gasteiger partial charge in [0.25, 0.3) is 0 Å². The van der Waals surface area contributed by atoms with Crippen LogP contribution in [-0.4, -0.2) is 0 Å². The molecule has 0 N–H and O–H groups in total. The Morgan fingerprint density at radius 1 is 0.944 bits per heavy atom. The molecule has 0 heterocycles. The van der Waals surface area contributed by atoms with Gasteiger partial charge in [-0.1, -0.05) is 39.7 Å². The first kappa shape index (κ1) is 13.4. The summed E-state index contributed by atoms with van der Waals surface area (Å²) in [6, 6.07) is 10.2. The predicted molar refractivity (Wildman–Crippen MR) is 69.6 cm³/mol. The van der Waals surface area contributed by atoms with Gasteiger partial charge < -0.3 is 0 Å². The third-order valence-electron chi connectivity index (χ3n) is 2.45. The quantitative estimate of drug-likeness (QED) is 0.619. The summed E-state index contributed by atoms with van der Waals surface area (Å²) in [4.78, 5) is 0. The van der Waals surface area contributed by atoms with E-state index in [0.29, 0.717) is 20.6 Å². The summed E-state index contributed by atoms with van der Waals surface area (Å²) in [6.07, 6.45) is -4.35. The highest BCUT2D eigenvalue weighted by molar-refractivity contribution is 9.10. The Bertz CT molecular complexity index is 561. The summed E-state index contributed by atoms with van der Waals surface area (Å²) in [6.45, 7) is 0. The minimum Gasteiger partial charge on any atom is -0.166 e. The number of halogens is 5. The molecule has 2 rings (SSSR count). The molecule has 0 nitrogen and oxygen atoms in total. The highest BCUT2D eigenvalue weighted by atomic mass is 79.9. The van der Waals surface area contributed by atoms with E-state index < -0.39 is 11.7 Å². The number of rotatable bonds is 1. The van der Waals surface area contributed by atoms with Gasteiger partial charge in [-0.15, -0.1) is 0 Å². The molecule has 5 heteroatoms. The van der Waals surface area contributed by atoms with Crippen LogP contribution in [0.15, 0.2) is 46.9 Å². The van der Waals surface area contributed by atoms with Crippen LogP contribution in [0.1, 0.15) is 5.56 Å². The molecular weight excluding hydrogens is 328 g/mol. The summed E-state index contributed by atoms with van der Waals surface area (Å²) in [5.74, 6) is 0. The van der Waals surface area contributed by atoms with Gasteiger partial charge in [0.05, 0.1) is 5.56 Å². The van der Waals surface area contributed by atoms with E-state index in [-0.39, 0.29) is 0 Å². The van der Waals surface area contributed by atoms with Crippen molar-refractivity contribution in [3.05, 3.63) is 57.5 Å². The molecule has 2 aromatic rings. The average Bonchev–Trinajstić information content (AvgIpc) is 2.29. The second-order valence-electron chi connectivity index (χ2n) is 3.70. The molecule has 0 atom stereocenters. The summed E-state index contributed by atoms with van der Waals surface area (Å²) >= 11 is 9.00. The Hall–Kier alpha value is -1.00. The first-order valence-electron chi connectivity index (χ1n) is 5.00. The molecule has 2 aromatic carbocycles. The largest absolute Gasteiger partial charge is 0.416 e. The number of alkyl halides is 3. The molecular formula is C13H7BrClF3. The first-order valence-corrected chi connectivity index (χ1v) is 6.18. The number of hydrogen-bond acceptors (Lipinski definition) is 0. The van der Waals surface area contributed by atoms with Crippen molar-refractivity contribution in [1.82, 2.24) is 0 Å². The Morgan fingerprint density at radius 2 is 1.56 bits per heavy atom. The second-order valence-corrected chi connectivity index (χ2v) is 4.99. The molecule has 0 amide bonds. The third kappa shape index (κ3) is 2.87. The molecule has 0 aromatic heterocycles. The zero-order valence-corrected chi connectivity index (χ0v) is 11.3. The summed E-state index contributed by atoms with van der Waals surface area (Å²) in [5, 5.41) is 0.543. The molecule has 0 aliphatic heterocycles. The van der Waals surface area contributed by atoms with Gasteiger partial charge in [-0.3, -0.25) is 0 Å². The molecule has 0 bridgehead atoms. The van der Waals surface area contributed by atoms with Gasteiger partial charge in [0.2, 0.25) is 0 Å². The van der Waals surface area contributed by atoms with E-state index in [1.807, 2.05) is 0 Å². The standard InChI is InChI=1S/C13H7BrClF3/c14-12-6-3-9(13(16,17)18)7-11(12)8-1-4-10(15)5-2-8/h1-7H. The maximum Gasteiger partial charge on any atom is 0.416 e. The Morgan fingerprint density at radius 3 is 2.11 bits per heavy atom. The van der Waals surface area contributed by atoms with Crippen molar-refractivity contribution in [2.75, 3.05) is 0 Å². The molecule has 18 heavy (non-hydrogen) atoms. The minimum absolute atomic E-state index is 0.487. The molecule has 0 unspecified atom stereocenters. The number of benzene rings is 2. The highest BCUT2D eigenvalue weighted by Gasteiger charge is 2.30. The Labute approximate surface area is 116 Å². The SMILES string of the molecule is FC(F)(F)c1ccc(Br)c(-c2ccc(Cl)cc2)c1. The molecule has 0 aliphatic carbocycles. The van der Waals surface area contributed by atoms with Crippen LogP contribution in [0.3, 0.4) is 0 Å². The monoisotopic (exact) mass is 334 g/mol. The Balaban J connectivity index is 2.53. The smallest absolute Gasteiger partial charge is 0.166 e. The van der Waals surface area contributed by atoms with E-state index in [2.05, 4.69) is 15.9 Å². The fourth-order valence-corrected chi connectivity index (χ4v) is 2.15. The van der Waals surface area contributed by atoms with E-state index in [0.717, 1.165) is 12.1 Å². The van der Waals surface area contributed by atoms with E-state index in [1.165, 1.54) is 6.07 Å². The zero-order chi connectivity index (χ0) is 13.3.